The fraction of sp³-hybridized carbons (Fsp3) is 1.00. The van der Waals surface area contributed by atoms with Gasteiger partial charge in [-0.05, 0) is 12.5 Å². The third kappa shape index (κ3) is 2.17. The highest BCUT2D eigenvalue weighted by Gasteiger charge is 2.16. The third-order valence-electron chi connectivity index (χ3n) is 1.35. The second kappa shape index (κ2) is 3.45. The van der Waals surface area contributed by atoms with Crippen LogP contribution in [-0.4, -0.2) is 23.6 Å². The van der Waals surface area contributed by atoms with E-state index in [-0.39, 0.29) is 0 Å². The topological polar surface area (TPSA) is 49.4 Å². The molecule has 0 bridgehead atoms. The fourth-order valence-corrected chi connectivity index (χ4v) is 4.08. The van der Waals surface area contributed by atoms with Crippen LogP contribution in [0.3, 0.4) is 0 Å². The summed E-state index contributed by atoms with van der Waals surface area (Å²) >= 11 is 0. The van der Waals surface area contributed by atoms with Gasteiger partial charge in [-0.3, -0.25) is 4.21 Å². The SMILES string of the molecule is O=S([O-])[SiH]1CCCCO1. The molecule has 1 saturated heterocycles. The maximum absolute atomic E-state index is 10.3. The van der Waals surface area contributed by atoms with Gasteiger partial charge in [0.25, 0.3) is 8.19 Å². The van der Waals surface area contributed by atoms with Crippen molar-refractivity contribution in [3.63, 3.8) is 0 Å². The largest absolute Gasteiger partial charge is 0.776 e. The molecule has 0 aliphatic carbocycles. The Morgan fingerprint density at radius 2 is 2.33 bits per heavy atom. The Hall–Kier alpha value is 0.287. The molecule has 0 amide bonds. The van der Waals surface area contributed by atoms with E-state index in [0.29, 0.717) is 6.61 Å². The van der Waals surface area contributed by atoms with Gasteiger partial charge >= 0.3 is 0 Å². The first-order valence-corrected chi connectivity index (χ1v) is 6.84. The van der Waals surface area contributed by atoms with Crippen molar-refractivity contribution in [3.8, 4) is 0 Å². The van der Waals surface area contributed by atoms with Gasteiger partial charge in [-0.25, -0.2) is 0 Å². The minimum Gasteiger partial charge on any atom is -0.776 e. The van der Waals surface area contributed by atoms with E-state index in [2.05, 4.69) is 0 Å². The van der Waals surface area contributed by atoms with Gasteiger partial charge in [0.2, 0.25) is 0 Å². The van der Waals surface area contributed by atoms with E-state index in [1.165, 1.54) is 0 Å². The van der Waals surface area contributed by atoms with E-state index < -0.39 is 18.7 Å². The lowest BCUT2D eigenvalue weighted by Crippen LogP contribution is -2.28. The van der Waals surface area contributed by atoms with Crippen molar-refractivity contribution >= 4 is 18.7 Å². The molecule has 0 saturated carbocycles. The van der Waals surface area contributed by atoms with Crippen LogP contribution in [0.2, 0.25) is 6.04 Å². The molecular weight excluding hydrogens is 156 g/mol. The Kier molecular flexibility index (Phi) is 2.84. The van der Waals surface area contributed by atoms with E-state index in [1.807, 2.05) is 0 Å². The van der Waals surface area contributed by atoms with Gasteiger partial charge in [0.15, 0.2) is 0 Å². The monoisotopic (exact) mass is 165 g/mol. The summed E-state index contributed by atoms with van der Waals surface area (Å²) < 4.78 is 25.6. The molecule has 5 heteroatoms. The zero-order valence-electron chi connectivity index (χ0n) is 5.04. The summed E-state index contributed by atoms with van der Waals surface area (Å²) in [4.78, 5) is 0. The molecular formula is C4H9O3SSi-. The van der Waals surface area contributed by atoms with Gasteiger partial charge in [0, 0.05) is 6.61 Å². The summed E-state index contributed by atoms with van der Waals surface area (Å²) in [5, 5.41) is 0. The van der Waals surface area contributed by atoms with E-state index in [0.717, 1.165) is 18.9 Å². The molecule has 1 rings (SSSR count). The van der Waals surface area contributed by atoms with Crippen LogP contribution in [0, 0.1) is 0 Å². The highest BCUT2D eigenvalue weighted by molar-refractivity contribution is 8.08. The number of hydrogen-bond donors (Lipinski definition) is 0. The first-order valence-electron chi connectivity index (χ1n) is 3.00. The Morgan fingerprint density at radius 1 is 1.56 bits per heavy atom. The van der Waals surface area contributed by atoms with Crippen molar-refractivity contribution < 1.29 is 13.2 Å². The Bertz CT molecular complexity index is 112. The number of hydrogen-bond acceptors (Lipinski definition) is 3. The second-order valence-electron chi connectivity index (χ2n) is 2.06. The van der Waals surface area contributed by atoms with Crippen molar-refractivity contribution in [2.75, 3.05) is 6.61 Å². The summed E-state index contributed by atoms with van der Waals surface area (Å²) in [6.45, 7) is 0.658. The molecule has 9 heavy (non-hydrogen) atoms. The van der Waals surface area contributed by atoms with Crippen LogP contribution in [0.15, 0.2) is 0 Å². The van der Waals surface area contributed by atoms with Gasteiger partial charge in [-0.1, -0.05) is 17.0 Å². The molecule has 1 aliphatic heterocycles. The second-order valence-corrected chi connectivity index (χ2v) is 7.08. The molecule has 3 nitrogen and oxygen atoms in total. The zero-order chi connectivity index (χ0) is 6.69. The van der Waals surface area contributed by atoms with Crippen molar-refractivity contribution in [2.45, 2.75) is 18.9 Å². The molecule has 1 heterocycles. The van der Waals surface area contributed by atoms with Crippen LogP contribution >= 0.6 is 0 Å². The highest BCUT2D eigenvalue weighted by atomic mass is 32.4. The maximum atomic E-state index is 10.3. The van der Waals surface area contributed by atoms with Crippen molar-refractivity contribution in [3.05, 3.63) is 0 Å². The summed E-state index contributed by atoms with van der Waals surface area (Å²) in [5.41, 5.74) is 0. The first kappa shape index (κ1) is 7.39. The van der Waals surface area contributed by atoms with Gasteiger partial charge in [-0.2, -0.15) is 0 Å². The smallest absolute Gasteiger partial charge is 0.257 e. The molecule has 0 aromatic heterocycles. The summed E-state index contributed by atoms with van der Waals surface area (Å²) in [7, 11) is -3.67. The average Bonchev–Trinajstić information content (AvgIpc) is 1.90. The first-order chi connectivity index (χ1) is 4.30. The lowest BCUT2D eigenvalue weighted by Gasteiger charge is -2.22. The molecule has 0 spiro atoms. The Balaban J connectivity index is 2.31. The maximum Gasteiger partial charge on any atom is 0.257 e. The van der Waals surface area contributed by atoms with E-state index in [1.54, 1.807) is 0 Å². The predicted molar refractivity (Wildman–Crippen MR) is 36.1 cm³/mol. The van der Waals surface area contributed by atoms with Crippen LogP contribution in [-0.2, 0) is 15.0 Å². The normalized spacial score (nSPS) is 31.9. The van der Waals surface area contributed by atoms with Gasteiger partial charge in [-0.15, -0.1) is 0 Å². The molecule has 54 valence electrons. The molecule has 0 N–H and O–H groups in total. The van der Waals surface area contributed by atoms with Crippen LogP contribution in [0.4, 0.5) is 0 Å². The summed E-state index contributed by atoms with van der Waals surface area (Å²) in [6.07, 6.45) is 2.06. The molecule has 0 radical (unpaired) electrons. The summed E-state index contributed by atoms with van der Waals surface area (Å²) in [5.74, 6) is 0. The third-order valence-corrected chi connectivity index (χ3v) is 5.67. The van der Waals surface area contributed by atoms with Crippen molar-refractivity contribution in [1.29, 1.82) is 0 Å². The Labute approximate surface area is 58.1 Å². The van der Waals surface area contributed by atoms with Crippen LogP contribution in [0.25, 0.3) is 0 Å². The minimum atomic E-state index is -1.89. The lowest BCUT2D eigenvalue weighted by atomic mass is 10.4. The van der Waals surface area contributed by atoms with Crippen LogP contribution < -0.4 is 0 Å². The summed E-state index contributed by atoms with van der Waals surface area (Å²) in [6, 6.07) is 0.802. The van der Waals surface area contributed by atoms with Gasteiger partial charge in [0.05, 0.1) is 0 Å². The molecule has 2 atom stereocenters. The molecule has 1 aliphatic rings. The quantitative estimate of drug-likeness (QED) is 0.402. The fourth-order valence-electron chi connectivity index (χ4n) is 0.863. The van der Waals surface area contributed by atoms with Crippen molar-refractivity contribution in [1.82, 2.24) is 0 Å². The van der Waals surface area contributed by atoms with Crippen molar-refractivity contribution in [2.24, 2.45) is 0 Å². The molecule has 2 unspecified atom stereocenters. The average molecular weight is 165 g/mol. The van der Waals surface area contributed by atoms with E-state index in [9.17, 15) is 8.76 Å². The highest BCUT2D eigenvalue weighted by Crippen LogP contribution is 2.11. The minimum absolute atomic E-state index is 0.658. The lowest BCUT2D eigenvalue weighted by molar-refractivity contribution is 0.296. The zero-order valence-corrected chi connectivity index (χ0v) is 7.01. The van der Waals surface area contributed by atoms with E-state index in [4.69, 9.17) is 4.43 Å². The van der Waals surface area contributed by atoms with Crippen LogP contribution in [0.5, 0.6) is 0 Å². The van der Waals surface area contributed by atoms with Crippen LogP contribution in [0.1, 0.15) is 12.8 Å². The van der Waals surface area contributed by atoms with Gasteiger partial charge < -0.3 is 8.98 Å². The Morgan fingerprint density at radius 3 is 2.67 bits per heavy atom. The standard InChI is InChI=1S/C4H10O3SSi/c5-8(6)9-4-2-1-3-7-9/h9H,1-4H2,(H,5,6)/p-1. The van der Waals surface area contributed by atoms with Gasteiger partial charge in [0.1, 0.15) is 0 Å². The molecule has 1 fully saturated rings. The number of rotatable bonds is 1. The molecule has 0 aromatic carbocycles. The van der Waals surface area contributed by atoms with E-state index >= 15 is 0 Å². The predicted octanol–water partition coefficient (Wildman–Crippen LogP) is -0.104. The molecule has 0 aromatic rings.